The molecule has 0 spiro atoms. The molecule has 3 aromatic rings. The highest BCUT2D eigenvalue weighted by Crippen LogP contribution is 2.29. The molecule has 1 aromatic heterocycles. The van der Waals surface area contributed by atoms with Crippen molar-refractivity contribution in [3.63, 3.8) is 0 Å². The van der Waals surface area contributed by atoms with E-state index in [2.05, 4.69) is 38.6 Å². The number of hydrogen-bond donors (Lipinski definition) is 2. The fourth-order valence-electron chi connectivity index (χ4n) is 4.54. The van der Waals surface area contributed by atoms with Crippen molar-refractivity contribution < 1.29 is 24.0 Å². The van der Waals surface area contributed by atoms with Crippen LogP contribution in [0.15, 0.2) is 40.9 Å². The molecule has 0 unspecified atom stereocenters. The van der Waals surface area contributed by atoms with Crippen molar-refractivity contribution in [2.24, 2.45) is 0 Å². The maximum absolute atomic E-state index is 11.7. The summed E-state index contributed by atoms with van der Waals surface area (Å²) < 4.78 is 11.2. The van der Waals surface area contributed by atoms with E-state index in [0.29, 0.717) is 35.1 Å². The summed E-state index contributed by atoms with van der Waals surface area (Å²) in [6.45, 7) is 7.06. The van der Waals surface area contributed by atoms with E-state index < -0.39 is 5.97 Å². The standard InChI is InChI=1S/C29H33N5O5/c1-19(2)38-25-7-6-23(17-24(25)18-30)29-32-28(33-39-29)22-5-4-20-10-14-34(15-11-21(20)16-22)13-3-12-31-26(35)8-9-27(36)37/h4-7,16-17,19H,3,8-15H2,1-2H3,(H,31,35)(H,36,37). The summed E-state index contributed by atoms with van der Waals surface area (Å²) >= 11 is 0. The molecular formula is C29H33N5O5. The topological polar surface area (TPSA) is 142 Å². The smallest absolute Gasteiger partial charge is 0.303 e. The monoisotopic (exact) mass is 531 g/mol. The van der Waals surface area contributed by atoms with Gasteiger partial charge in [-0.1, -0.05) is 17.3 Å². The SMILES string of the molecule is CC(C)Oc1ccc(-c2nc(-c3ccc4c(c3)CCN(CCCNC(=O)CCC(=O)O)CC4)no2)cc1C#N. The Balaban J connectivity index is 1.35. The van der Waals surface area contributed by atoms with Crippen LogP contribution in [0.4, 0.5) is 0 Å². The van der Waals surface area contributed by atoms with Crippen LogP contribution in [0.1, 0.15) is 49.8 Å². The number of rotatable bonds is 11. The molecule has 2 N–H and O–H groups in total. The van der Waals surface area contributed by atoms with Gasteiger partial charge in [0.2, 0.25) is 11.7 Å². The number of nitrogens with zero attached hydrogens (tertiary/aromatic N) is 4. The molecule has 0 aliphatic carbocycles. The number of ether oxygens (including phenoxy) is 1. The minimum atomic E-state index is -0.964. The number of carboxylic acid groups (broad SMARTS) is 1. The second-order valence-electron chi connectivity index (χ2n) is 9.83. The molecule has 10 heteroatoms. The van der Waals surface area contributed by atoms with Crippen molar-refractivity contribution in [2.75, 3.05) is 26.2 Å². The molecule has 0 fully saturated rings. The van der Waals surface area contributed by atoms with Gasteiger partial charge >= 0.3 is 5.97 Å². The van der Waals surface area contributed by atoms with E-state index in [-0.39, 0.29) is 24.9 Å². The van der Waals surface area contributed by atoms with Crippen LogP contribution in [0.2, 0.25) is 0 Å². The van der Waals surface area contributed by atoms with Gasteiger partial charge in [0.05, 0.1) is 18.1 Å². The van der Waals surface area contributed by atoms with Crippen LogP contribution < -0.4 is 10.1 Å². The Bertz CT molecular complexity index is 1360. The molecule has 2 aromatic carbocycles. The summed E-state index contributed by atoms with van der Waals surface area (Å²) in [6.07, 6.45) is 2.46. The van der Waals surface area contributed by atoms with Gasteiger partial charge in [-0.25, -0.2) is 0 Å². The van der Waals surface area contributed by atoms with E-state index in [4.69, 9.17) is 14.4 Å². The number of carbonyl (C=O) groups is 2. The van der Waals surface area contributed by atoms with Crippen molar-refractivity contribution in [3.05, 3.63) is 53.1 Å². The molecule has 0 atom stereocenters. The predicted molar refractivity (Wildman–Crippen MR) is 144 cm³/mol. The number of nitrogens with one attached hydrogen (secondary N) is 1. The average Bonchev–Trinajstić information content (AvgIpc) is 3.32. The fourth-order valence-corrected chi connectivity index (χ4v) is 4.54. The Hall–Kier alpha value is -4.23. The van der Waals surface area contributed by atoms with Gasteiger partial charge < -0.3 is 24.6 Å². The summed E-state index contributed by atoms with van der Waals surface area (Å²) in [6, 6.07) is 13.7. The van der Waals surface area contributed by atoms with Gasteiger partial charge in [0.25, 0.3) is 5.89 Å². The third kappa shape index (κ3) is 7.65. The van der Waals surface area contributed by atoms with Crippen LogP contribution in [0.5, 0.6) is 5.75 Å². The summed E-state index contributed by atoms with van der Waals surface area (Å²) in [5, 5.41) is 25.2. The van der Waals surface area contributed by atoms with Gasteiger partial charge in [0.15, 0.2) is 0 Å². The summed E-state index contributed by atoms with van der Waals surface area (Å²) in [4.78, 5) is 29.2. The molecule has 2 heterocycles. The maximum atomic E-state index is 11.7. The first-order chi connectivity index (χ1) is 18.8. The lowest BCUT2D eigenvalue weighted by Crippen LogP contribution is -2.31. The first-order valence-electron chi connectivity index (χ1n) is 13.2. The Morgan fingerprint density at radius 3 is 2.64 bits per heavy atom. The van der Waals surface area contributed by atoms with E-state index in [1.165, 1.54) is 11.1 Å². The molecule has 0 radical (unpaired) electrons. The molecule has 1 amide bonds. The van der Waals surface area contributed by atoms with Crippen molar-refractivity contribution in [3.8, 4) is 34.7 Å². The zero-order valence-corrected chi connectivity index (χ0v) is 22.3. The van der Waals surface area contributed by atoms with Crippen LogP contribution >= 0.6 is 0 Å². The third-order valence-electron chi connectivity index (χ3n) is 6.53. The van der Waals surface area contributed by atoms with Crippen molar-refractivity contribution >= 4 is 11.9 Å². The van der Waals surface area contributed by atoms with Crippen molar-refractivity contribution in [1.82, 2.24) is 20.4 Å². The van der Waals surface area contributed by atoms with Gasteiger partial charge in [-0.3, -0.25) is 9.59 Å². The highest BCUT2D eigenvalue weighted by Gasteiger charge is 2.18. The Morgan fingerprint density at radius 1 is 1.13 bits per heavy atom. The molecule has 204 valence electrons. The Kier molecular flexibility index (Phi) is 9.28. The van der Waals surface area contributed by atoms with E-state index in [0.717, 1.165) is 44.5 Å². The van der Waals surface area contributed by atoms with Crippen LogP contribution in [0, 0.1) is 11.3 Å². The largest absolute Gasteiger partial charge is 0.490 e. The average molecular weight is 532 g/mol. The third-order valence-corrected chi connectivity index (χ3v) is 6.53. The number of aliphatic carboxylic acids is 1. The van der Waals surface area contributed by atoms with E-state index >= 15 is 0 Å². The molecule has 1 aliphatic heterocycles. The molecule has 10 nitrogen and oxygen atoms in total. The summed E-state index contributed by atoms with van der Waals surface area (Å²) in [5.74, 6) is 0.174. The number of carbonyl (C=O) groups excluding carboxylic acids is 1. The van der Waals surface area contributed by atoms with Gasteiger partial charge in [-0.15, -0.1) is 0 Å². The number of aromatic nitrogens is 2. The van der Waals surface area contributed by atoms with Gasteiger partial charge in [-0.05, 0) is 75.0 Å². The number of amides is 1. The maximum Gasteiger partial charge on any atom is 0.303 e. The lowest BCUT2D eigenvalue weighted by Gasteiger charge is -2.19. The van der Waals surface area contributed by atoms with Gasteiger partial charge in [0, 0.05) is 37.2 Å². The second kappa shape index (κ2) is 13.0. The minimum absolute atomic E-state index is 0.0129. The van der Waals surface area contributed by atoms with E-state index in [1.54, 1.807) is 12.1 Å². The summed E-state index contributed by atoms with van der Waals surface area (Å²) in [5.41, 5.74) is 4.50. The summed E-state index contributed by atoms with van der Waals surface area (Å²) in [7, 11) is 0. The van der Waals surface area contributed by atoms with E-state index in [1.807, 2.05) is 26.0 Å². The Labute approximate surface area is 227 Å². The first-order valence-corrected chi connectivity index (χ1v) is 13.2. The van der Waals surface area contributed by atoms with Gasteiger partial charge in [-0.2, -0.15) is 10.2 Å². The zero-order valence-electron chi connectivity index (χ0n) is 22.3. The normalized spacial score (nSPS) is 13.4. The molecule has 39 heavy (non-hydrogen) atoms. The molecule has 0 saturated carbocycles. The molecule has 0 saturated heterocycles. The zero-order chi connectivity index (χ0) is 27.8. The van der Waals surface area contributed by atoms with Crippen LogP contribution in [0.3, 0.4) is 0 Å². The minimum Gasteiger partial charge on any atom is -0.490 e. The number of fused-ring (bicyclic) bond motifs is 1. The number of nitriles is 1. The number of carboxylic acids is 1. The molecular weight excluding hydrogens is 498 g/mol. The fraction of sp³-hybridized carbons (Fsp3) is 0.414. The second-order valence-corrected chi connectivity index (χ2v) is 9.83. The van der Waals surface area contributed by atoms with Crippen LogP contribution in [-0.4, -0.2) is 64.3 Å². The molecule has 0 bridgehead atoms. The number of hydrogen-bond acceptors (Lipinski definition) is 8. The molecule has 1 aliphatic rings. The van der Waals surface area contributed by atoms with Gasteiger partial charge in [0.1, 0.15) is 11.8 Å². The quantitative estimate of drug-likeness (QED) is 0.353. The highest BCUT2D eigenvalue weighted by atomic mass is 16.5. The van der Waals surface area contributed by atoms with Crippen LogP contribution in [-0.2, 0) is 22.4 Å². The lowest BCUT2D eigenvalue weighted by atomic mass is 10.00. The van der Waals surface area contributed by atoms with Crippen molar-refractivity contribution in [1.29, 1.82) is 5.26 Å². The predicted octanol–water partition coefficient (Wildman–Crippen LogP) is 3.83. The van der Waals surface area contributed by atoms with Crippen LogP contribution in [0.25, 0.3) is 22.8 Å². The Morgan fingerprint density at radius 2 is 1.90 bits per heavy atom. The van der Waals surface area contributed by atoms with Crippen molar-refractivity contribution in [2.45, 2.75) is 52.1 Å². The van der Waals surface area contributed by atoms with E-state index in [9.17, 15) is 14.9 Å². The number of benzene rings is 2. The lowest BCUT2D eigenvalue weighted by molar-refractivity contribution is -0.138. The first kappa shape index (κ1) is 27.8. The highest BCUT2D eigenvalue weighted by molar-refractivity contribution is 5.80. The molecule has 4 rings (SSSR count).